The number of nitrogens with zero attached hydrogens (tertiary/aromatic N) is 2. The predicted molar refractivity (Wildman–Crippen MR) is 142 cm³/mol. The molecule has 0 saturated carbocycles. The second kappa shape index (κ2) is 13.4. The first-order valence-corrected chi connectivity index (χ1v) is 11.8. The molecule has 1 saturated heterocycles. The van der Waals surface area contributed by atoms with Crippen LogP contribution in [0.2, 0.25) is 0 Å². The van der Waals surface area contributed by atoms with Crippen LogP contribution in [0.4, 0.5) is 5.69 Å². The fourth-order valence-electron chi connectivity index (χ4n) is 2.98. The lowest BCUT2D eigenvalue weighted by Gasteiger charge is -2.08. The summed E-state index contributed by atoms with van der Waals surface area (Å²) >= 11 is 0. The van der Waals surface area contributed by atoms with Crippen LogP contribution in [0, 0.1) is 6.92 Å². The predicted octanol–water partition coefficient (Wildman–Crippen LogP) is 6.32. The summed E-state index contributed by atoms with van der Waals surface area (Å²) in [6.45, 7) is 14.1. The maximum absolute atomic E-state index is 5.73. The van der Waals surface area contributed by atoms with Crippen molar-refractivity contribution in [1.29, 1.82) is 0 Å². The van der Waals surface area contributed by atoms with Gasteiger partial charge in [-0.15, -0.1) is 0 Å². The van der Waals surface area contributed by atoms with Gasteiger partial charge >= 0.3 is 0 Å². The number of hydrogen-bond acceptors (Lipinski definition) is 6. The van der Waals surface area contributed by atoms with Crippen molar-refractivity contribution in [1.82, 2.24) is 0 Å². The van der Waals surface area contributed by atoms with E-state index in [-0.39, 0.29) is 12.9 Å². The fourth-order valence-corrected chi connectivity index (χ4v) is 2.98. The van der Waals surface area contributed by atoms with Gasteiger partial charge in [0.25, 0.3) is 0 Å². The molecule has 0 bridgehead atoms. The zero-order valence-electron chi connectivity index (χ0n) is 21.0. The zero-order valence-corrected chi connectivity index (χ0v) is 21.0. The molecule has 0 aliphatic carbocycles. The van der Waals surface area contributed by atoms with Crippen molar-refractivity contribution in [3.8, 4) is 5.75 Å². The van der Waals surface area contributed by atoms with Crippen LogP contribution in [0.15, 0.2) is 88.2 Å². The van der Waals surface area contributed by atoms with Gasteiger partial charge in [-0.1, -0.05) is 30.8 Å². The van der Waals surface area contributed by atoms with Crippen molar-refractivity contribution >= 4 is 18.1 Å². The second-order valence-electron chi connectivity index (χ2n) is 8.12. The molecule has 0 amide bonds. The van der Waals surface area contributed by atoms with E-state index in [0.29, 0.717) is 18.9 Å². The summed E-state index contributed by atoms with van der Waals surface area (Å²) in [5, 5.41) is 0. The lowest BCUT2D eigenvalue weighted by molar-refractivity contribution is -0.0138. The molecule has 0 radical (unpaired) electrons. The van der Waals surface area contributed by atoms with Crippen LogP contribution in [0.25, 0.3) is 0 Å². The highest BCUT2D eigenvalue weighted by Crippen LogP contribution is 2.24. The highest BCUT2D eigenvalue weighted by molar-refractivity contribution is 5.86. The number of benzene rings is 2. The first kappa shape index (κ1) is 26.1. The first-order chi connectivity index (χ1) is 17.0. The number of ether oxygens (including phenoxy) is 4. The molecule has 0 aromatic heterocycles. The van der Waals surface area contributed by atoms with Crippen LogP contribution >= 0.6 is 0 Å². The second-order valence-corrected chi connectivity index (χ2v) is 8.12. The van der Waals surface area contributed by atoms with Crippen LogP contribution in [0.3, 0.4) is 0 Å². The van der Waals surface area contributed by atoms with Gasteiger partial charge in [-0.3, -0.25) is 9.98 Å². The minimum Gasteiger partial charge on any atom is -0.491 e. The number of allylic oxidation sites excluding steroid dienone is 3. The van der Waals surface area contributed by atoms with Crippen LogP contribution in [-0.2, 0) is 14.2 Å². The van der Waals surface area contributed by atoms with E-state index in [2.05, 4.69) is 16.6 Å². The third-order valence-corrected chi connectivity index (χ3v) is 5.28. The van der Waals surface area contributed by atoms with E-state index in [1.807, 2.05) is 88.5 Å². The molecule has 1 heterocycles. The maximum Gasteiger partial charge on any atom is 0.188 e. The van der Waals surface area contributed by atoms with Gasteiger partial charge in [0.15, 0.2) is 6.79 Å². The summed E-state index contributed by atoms with van der Waals surface area (Å²) in [5.74, 6) is 1.56. The average Bonchev–Trinajstić information content (AvgIpc) is 3.70. The Balaban J connectivity index is 1.54. The van der Waals surface area contributed by atoms with Crippen LogP contribution in [-0.4, -0.2) is 45.1 Å². The Hall–Kier alpha value is -3.48. The largest absolute Gasteiger partial charge is 0.491 e. The Labute approximate surface area is 208 Å². The van der Waals surface area contributed by atoms with Gasteiger partial charge in [-0.25, -0.2) is 0 Å². The van der Waals surface area contributed by atoms with E-state index in [1.165, 1.54) is 0 Å². The summed E-state index contributed by atoms with van der Waals surface area (Å²) in [4.78, 5) is 9.12. The summed E-state index contributed by atoms with van der Waals surface area (Å²) < 4.78 is 21.7. The minimum absolute atomic E-state index is 0.223. The molecule has 184 valence electrons. The molecule has 2 aromatic rings. The topological polar surface area (TPSA) is 64.9 Å². The summed E-state index contributed by atoms with van der Waals surface area (Å²) in [6, 6.07) is 13.9. The molecule has 6 heteroatoms. The highest BCUT2D eigenvalue weighted by atomic mass is 16.7. The Bertz CT molecular complexity index is 1110. The summed E-state index contributed by atoms with van der Waals surface area (Å²) in [6.07, 6.45) is 7.69. The van der Waals surface area contributed by atoms with Gasteiger partial charge in [0, 0.05) is 19.0 Å². The van der Waals surface area contributed by atoms with Gasteiger partial charge in [0.2, 0.25) is 0 Å². The van der Waals surface area contributed by atoms with Crippen molar-refractivity contribution in [3.05, 3.63) is 94.9 Å². The average molecular weight is 475 g/mol. The molecular formula is C29H34N2O4. The molecule has 1 fully saturated rings. The summed E-state index contributed by atoms with van der Waals surface area (Å²) in [5.41, 5.74) is 5.55. The number of aliphatic imine (C=N–C) groups is 2. The van der Waals surface area contributed by atoms with Crippen molar-refractivity contribution in [3.63, 3.8) is 0 Å². The smallest absolute Gasteiger partial charge is 0.188 e. The summed E-state index contributed by atoms with van der Waals surface area (Å²) in [7, 11) is 0. The molecule has 35 heavy (non-hydrogen) atoms. The molecule has 1 aliphatic heterocycles. The van der Waals surface area contributed by atoms with E-state index in [9.17, 15) is 0 Å². The standard InChI is InChI=1S/C29H34N2O4/c1-6-26(35-20-32-7-2)14-21(3)23(5)30-16-24-8-10-25(11-9-24)17-31-29-13-12-27(15-22(29)4)33-18-28-19-34-28/h6,8-17,28H,5,7,18-20H2,1-4H3/b21-14-,26-6+,30-16?,31-17?. The Morgan fingerprint density at radius 2 is 1.86 bits per heavy atom. The minimum atomic E-state index is 0.223. The number of rotatable bonds is 13. The zero-order chi connectivity index (χ0) is 25.0. The molecule has 6 nitrogen and oxygen atoms in total. The number of hydrogen-bond donors (Lipinski definition) is 0. The lowest BCUT2D eigenvalue weighted by Crippen LogP contribution is -2.03. The first-order valence-electron chi connectivity index (χ1n) is 11.8. The van der Waals surface area contributed by atoms with Crippen molar-refractivity contribution < 1.29 is 18.9 Å². The monoisotopic (exact) mass is 474 g/mol. The van der Waals surface area contributed by atoms with E-state index in [0.717, 1.165) is 46.1 Å². The van der Waals surface area contributed by atoms with Gasteiger partial charge in [0.05, 0.1) is 18.0 Å². The van der Waals surface area contributed by atoms with Gasteiger partial charge in [-0.2, -0.15) is 0 Å². The SMILES string of the molecule is C=C(N=Cc1ccc(C=Nc2ccc(OCC3CO3)cc2C)cc1)/C(C)=C\C(=C/C)OCOCC. The molecule has 1 atom stereocenters. The van der Waals surface area contributed by atoms with E-state index in [1.54, 1.807) is 6.21 Å². The van der Waals surface area contributed by atoms with Crippen LogP contribution in [0.5, 0.6) is 5.75 Å². The van der Waals surface area contributed by atoms with Crippen molar-refractivity contribution in [2.45, 2.75) is 33.8 Å². The maximum atomic E-state index is 5.73. The van der Waals surface area contributed by atoms with E-state index >= 15 is 0 Å². The molecule has 0 spiro atoms. The molecule has 1 aliphatic rings. The van der Waals surface area contributed by atoms with Crippen molar-refractivity contribution in [2.24, 2.45) is 9.98 Å². The quantitative estimate of drug-likeness (QED) is 0.0851. The van der Waals surface area contributed by atoms with Crippen LogP contribution in [0.1, 0.15) is 37.5 Å². The fraction of sp³-hybridized carbons (Fsp3) is 0.310. The molecule has 3 rings (SSSR count). The van der Waals surface area contributed by atoms with E-state index in [4.69, 9.17) is 18.9 Å². The van der Waals surface area contributed by atoms with Gasteiger partial charge in [-0.05, 0) is 80.3 Å². The third-order valence-electron chi connectivity index (χ3n) is 5.28. The Morgan fingerprint density at radius 1 is 1.14 bits per heavy atom. The van der Waals surface area contributed by atoms with Gasteiger partial charge in [0.1, 0.15) is 24.2 Å². The van der Waals surface area contributed by atoms with Gasteiger partial charge < -0.3 is 18.9 Å². The lowest BCUT2D eigenvalue weighted by atomic mass is 10.1. The Morgan fingerprint density at radius 3 is 2.49 bits per heavy atom. The van der Waals surface area contributed by atoms with Crippen molar-refractivity contribution in [2.75, 3.05) is 26.6 Å². The van der Waals surface area contributed by atoms with Crippen LogP contribution < -0.4 is 4.74 Å². The highest BCUT2D eigenvalue weighted by Gasteiger charge is 2.23. The number of aryl methyl sites for hydroxylation is 1. The third kappa shape index (κ3) is 9.00. The molecule has 2 aromatic carbocycles. The Kier molecular flexibility index (Phi) is 10.0. The van der Waals surface area contributed by atoms with E-state index < -0.39 is 0 Å². The number of epoxide rings is 1. The normalized spacial score (nSPS) is 16.2. The molecular weight excluding hydrogens is 440 g/mol. The molecule has 1 unspecified atom stereocenters. The molecule has 0 N–H and O–H groups in total.